The molecule has 2 N–H and O–H groups in total. The summed E-state index contributed by atoms with van der Waals surface area (Å²) in [5.74, 6) is 0.820. The summed E-state index contributed by atoms with van der Waals surface area (Å²) in [6, 6.07) is 15.6. The van der Waals surface area contributed by atoms with E-state index in [4.69, 9.17) is 4.74 Å². The van der Waals surface area contributed by atoms with Crippen molar-refractivity contribution in [2.45, 2.75) is 13.1 Å². The van der Waals surface area contributed by atoms with Gasteiger partial charge in [-0.25, -0.2) is 9.97 Å². The maximum Gasteiger partial charge on any atom is 0.416 e. The summed E-state index contributed by atoms with van der Waals surface area (Å²) in [4.78, 5) is 25.8. The molecule has 0 spiro atoms. The molecule has 2 aromatic carbocycles. The van der Waals surface area contributed by atoms with Gasteiger partial charge in [-0.3, -0.25) is 4.79 Å². The first-order valence-electron chi connectivity index (χ1n) is 13.2. The summed E-state index contributed by atoms with van der Waals surface area (Å²) in [5.41, 5.74) is 2.20. The Hall–Kier alpha value is -4.64. The lowest BCUT2D eigenvalue weighted by Gasteiger charge is -2.25. The lowest BCUT2D eigenvalue weighted by molar-refractivity contribution is -0.137. The lowest BCUT2D eigenvalue weighted by Crippen LogP contribution is -2.29. The van der Waals surface area contributed by atoms with Gasteiger partial charge in [0.2, 0.25) is 5.88 Å². The number of anilines is 3. The van der Waals surface area contributed by atoms with Crippen LogP contribution in [0, 0.1) is 6.92 Å². The Morgan fingerprint density at radius 3 is 2.45 bits per heavy atom. The highest BCUT2D eigenvalue weighted by Gasteiger charge is 2.31. The largest absolute Gasteiger partial charge is 0.438 e. The van der Waals surface area contributed by atoms with E-state index in [0.717, 1.165) is 28.8 Å². The number of halogens is 3. The third kappa shape index (κ3) is 7.35. The highest BCUT2D eigenvalue weighted by molar-refractivity contribution is 6.06. The molecule has 11 heteroatoms. The van der Waals surface area contributed by atoms with E-state index in [1.54, 1.807) is 55.7 Å². The standard InChI is InChI=1S/C31H33F3N6O2/c1-20-8-9-22(17-27(20)42-30-24(7-6-13-37-30)21-12-14-36-28(18-21)35-2)29(41)38-25-19-23(31(32,33)34)10-11-26(25)40(5)16-15-39(3)4/h6-14,17-19H,15-16H2,1-5H3,(H,35,36)(H,38,41). The SMILES string of the molecule is CNc1cc(-c2cccnc2Oc2cc(C(=O)Nc3cc(C(F)(F)F)ccc3N(C)CCN(C)C)ccc2C)ccn1. The second-order valence-electron chi connectivity index (χ2n) is 10.0. The van der Waals surface area contributed by atoms with Crippen LogP contribution in [0.3, 0.4) is 0 Å². The Bertz CT molecular complexity index is 1560. The van der Waals surface area contributed by atoms with Crippen molar-refractivity contribution < 1.29 is 22.7 Å². The Kier molecular flexibility index (Phi) is 9.31. The van der Waals surface area contributed by atoms with Crippen LogP contribution in [0.2, 0.25) is 0 Å². The molecule has 0 bridgehead atoms. The molecular weight excluding hydrogens is 545 g/mol. The molecule has 4 aromatic rings. The van der Waals surface area contributed by atoms with E-state index < -0.39 is 17.6 Å². The highest BCUT2D eigenvalue weighted by Crippen LogP contribution is 2.36. The van der Waals surface area contributed by atoms with E-state index in [9.17, 15) is 18.0 Å². The highest BCUT2D eigenvalue weighted by atomic mass is 19.4. The van der Waals surface area contributed by atoms with Crippen molar-refractivity contribution >= 4 is 23.1 Å². The number of carbonyl (C=O) groups excluding carboxylic acids is 1. The van der Waals surface area contributed by atoms with Gasteiger partial charge in [0.25, 0.3) is 5.91 Å². The first kappa shape index (κ1) is 30.3. The van der Waals surface area contributed by atoms with Gasteiger partial charge in [0.15, 0.2) is 0 Å². The van der Waals surface area contributed by atoms with Crippen LogP contribution in [-0.2, 0) is 6.18 Å². The molecule has 0 atom stereocenters. The molecule has 0 saturated carbocycles. The number of carbonyl (C=O) groups is 1. The molecule has 0 aliphatic rings. The summed E-state index contributed by atoms with van der Waals surface area (Å²) in [6.07, 6.45) is -1.28. The van der Waals surface area contributed by atoms with Crippen molar-refractivity contribution in [1.29, 1.82) is 0 Å². The van der Waals surface area contributed by atoms with Gasteiger partial charge in [-0.15, -0.1) is 0 Å². The van der Waals surface area contributed by atoms with Crippen molar-refractivity contribution in [2.24, 2.45) is 0 Å². The molecule has 0 aliphatic carbocycles. The third-order valence-corrected chi connectivity index (χ3v) is 6.62. The van der Waals surface area contributed by atoms with Crippen molar-refractivity contribution in [2.75, 3.05) is 56.8 Å². The van der Waals surface area contributed by atoms with Gasteiger partial charge in [-0.05, 0) is 86.7 Å². The molecular formula is C31H33F3N6O2. The number of pyridine rings is 2. The summed E-state index contributed by atoms with van der Waals surface area (Å²) < 4.78 is 46.9. The minimum absolute atomic E-state index is 0.0594. The minimum atomic E-state index is -4.56. The van der Waals surface area contributed by atoms with Crippen molar-refractivity contribution in [3.63, 3.8) is 0 Å². The number of nitrogens with zero attached hydrogens (tertiary/aromatic N) is 4. The smallest absolute Gasteiger partial charge is 0.416 e. The molecule has 0 unspecified atom stereocenters. The van der Waals surface area contributed by atoms with Crippen LogP contribution in [0.15, 0.2) is 73.1 Å². The zero-order valence-corrected chi connectivity index (χ0v) is 24.1. The monoisotopic (exact) mass is 578 g/mol. The van der Waals surface area contributed by atoms with Crippen LogP contribution in [0.4, 0.5) is 30.4 Å². The fourth-order valence-electron chi connectivity index (χ4n) is 4.19. The molecule has 0 aliphatic heterocycles. The van der Waals surface area contributed by atoms with Crippen molar-refractivity contribution in [1.82, 2.24) is 14.9 Å². The molecule has 0 radical (unpaired) electrons. The summed E-state index contributed by atoms with van der Waals surface area (Å²) >= 11 is 0. The van der Waals surface area contributed by atoms with Crippen LogP contribution in [0.1, 0.15) is 21.5 Å². The number of aryl methyl sites for hydroxylation is 1. The topological polar surface area (TPSA) is 82.6 Å². The molecule has 0 fully saturated rings. The molecule has 2 aromatic heterocycles. The molecule has 1 amide bonds. The number of hydrogen-bond donors (Lipinski definition) is 2. The number of benzene rings is 2. The van der Waals surface area contributed by atoms with E-state index in [-0.39, 0.29) is 11.3 Å². The van der Waals surface area contributed by atoms with E-state index in [2.05, 4.69) is 20.6 Å². The number of likely N-dealkylation sites (N-methyl/N-ethyl adjacent to an activating group) is 2. The van der Waals surface area contributed by atoms with Gasteiger partial charge in [0.1, 0.15) is 11.6 Å². The maximum absolute atomic E-state index is 13.6. The van der Waals surface area contributed by atoms with Gasteiger partial charge in [0, 0.05) is 50.7 Å². The molecule has 0 saturated heterocycles. The molecule has 4 rings (SSSR count). The summed E-state index contributed by atoms with van der Waals surface area (Å²) in [7, 11) is 7.36. The Labute approximate surface area is 243 Å². The van der Waals surface area contributed by atoms with E-state index in [0.29, 0.717) is 36.2 Å². The predicted octanol–water partition coefficient (Wildman–Crippen LogP) is 6.55. The first-order valence-corrected chi connectivity index (χ1v) is 13.2. The van der Waals surface area contributed by atoms with E-state index in [1.807, 2.05) is 44.1 Å². The molecule has 42 heavy (non-hydrogen) atoms. The number of rotatable bonds is 10. The quantitative estimate of drug-likeness (QED) is 0.221. The lowest BCUT2D eigenvalue weighted by atomic mass is 10.1. The first-order chi connectivity index (χ1) is 20.0. The van der Waals surface area contributed by atoms with Crippen LogP contribution < -0.4 is 20.3 Å². The normalized spacial score (nSPS) is 11.4. The summed E-state index contributed by atoms with van der Waals surface area (Å²) in [5, 5.41) is 5.69. The average molecular weight is 579 g/mol. The Morgan fingerprint density at radius 2 is 1.74 bits per heavy atom. The zero-order valence-electron chi connectivity index (χ0n) is 24.1. The predicted molar refractivity (Wildman–Crippen MR) is 159 cm³/mol. The number of hydrogen-bond acceptors (Lipinski definition) is 7. The number of alkyl halides is 3. The Morgan fingerprint density at radius 1 is 0.952 bits per heavy atom. The summed E-state index contributed by atoms with van der Waals surface area (Å²) in [6.45, 7) is 3.05. The van der Waals surface area contributed by atoms with Gasteiger partial charge in [-0.1, -0.05) is 6.07 Å². The fourth-order valence-corrected chi connectivity index (χ4v) is 4.19. The number of aromatic nitrogens is 2. The molecule has 8 nitrogen and oxygen atoms in total. The fraction of sp³-hybridized carbons (Fsp3) is 0.258. The maximum atomic E-state index is 13.6. The number of ether oxygens (including phenoxy) is 1. The van der Waals surface area contributed by atoms with Crippen LogP contribution in [0.25, 0.3) is 11.1 Å². The second kappa shape index (κ2) is 12.9. The van der Waals surface area contributed by atoms with Gasteiger partial charge in [-0.2, -0.15) is 13.2 Å². The van der Waals surface area contributed by atoms with Crippen LogP contribution in [0.5, 0.6) is 11.6 Å². The Balaban J connectivity index is 1.64. The molecule has 220 valence electrons. The molecule has 2 heterocycles. The zero-order chi connectivity index (χ0) is 30.4. The number of nitrogens with one attached hydrogen (secondary N) is 2. The van der Waals surface area contributed by atoms with Crippen LogP contribution in [-0.4, -0.2) is 62.1 Å². The minimum Gasteiger partial charge on any atom is -0.438 e. The van der Waals surface area contributed by atoms with E-state index in [1.165, 1.54) is 6.07 Å². The van der Waals surface area contributed by atoms with Crippen LogP contribution >= 0.6 is 0 Å². The third-order valence-electron chi connectivity index (χ3n) is 6.62. The van der Waals surface area contributed by atoms with Gasteiger partial charge in [0.05, 0.1) is 16.9 Å². The second-order valence-corrected chi connectivity index (χ2v) is 10.0. The van der Waals surface area contributed by atoms with Gasteiger partial charge < -0.3 is 25.2 Å². The average Bonchev–Trinajstić information content (AvgIpc) is 2.96. The van der Waals surface area contributed by atoms with Crippen molar-refractivity contribution in [3.05, 3.63) is 89.7 Å². The van der Waals surface area contributed by atoms with Gasteiger partial charge >= 0.3 is 6.18 Å². The van der Waals surface area contributed by atoms with Crippen molar-refractivity contribution in [3.8, 4) is 22.8 Å². The van der Waals surface area contributed by atoms with E-state index >= 15 is 0 Å². The number of amides is 1.